The van der Waals surface area contributed by atoms with Gasteiger partial charge in [0.25, 0.3) is 0 Å². The van der Waals surface area contributed by atoms with E-state index >= 15 is 0 Å². The molecule has 0 N–H and O–H groups in total. The van der Waals surface area contributed by atoms with Crippen LogP contribution in [0.5, 0.6) is 0 Å². The number of unbranched alkanes of at least 4 members (excludes halogenated alkanes) is 1. The van der Waals surface area contributed by atoms with E-state index in [0.717, 1.165) is 25.9 Å². The molecule has 0 saturated carbocycles. The number of rotatable bonds is 9. The van der Waals surface area contributed by atoms with E-state index in [2.05, 4.69) is 11.8 Å². The maximum atomic E-state index is 11.2. The lowest BCUT2D eigenvalue weighted by Gasteiger charge is -2.04. The molecule has 4 nitrogen and oxygen atoms in total. The van der Waals surface area contributed by atoms with E-state index in [1.54, 1.807) is 13.0 Å². The summed E-state index contributed by atoms with van der Waals surface area (Å²) in [6.45, 7) is 7.21. The van der Waals surface area contributed by atoms with Gasteiger partial charge < -0.3 is 4.74 Å². The molecule has 0 aliphatic heterocycles. The van der Waals surface area contributed by atoms with Gasteiger partial charge >= 0.3 is 5.97 Å². The average Bonchev–Trinajstić information content (AvgIpc) is 2.28. The second-order valence-electron chi connectivity index (χ2n) is 3.45. The summed E-state index contributed by atoms with van der Waals surface area (Å²) in [5, 5.41) is 0. The Balaban J connectivity index is 3.38. The number of carbonyl (C=O) groups is 1. The van der Waals surface area contributed by atoms with Gasteiger partial charge in [0, 0.05) is 12.2 Å². The second kappa shape index (κ2) is 10.6. The van der Waals surface area contributed by atoms with Crippen LogP contribution in [0.1, 0.15) is 40.0 Å². The third-order valence-electron chi connectivity index (χ3n) is 1.92. The fourth-order valence-corrected chi connectivity index (χ4v) is 0.992. The maximum absolute atomic E-state index is 11.2. The first-order valence-corrected chi connectivity index (χ1v) is 5.80. The fourth-order valence-electron chi connectivity index (χ4n) is 0.992. The summed E-state index contributed by atoms with van der Waals surface area (Å²) in [5.41, 5.74) is 0.564. The van der Waals surface area contributed by atoms with Crippen LogP contribution in [0.2, 0.25) is 0 Å². The summed E-state index contributed by atoms with van der Waals surface area (Å²) in [6.07, 6.45) is 4.75. The third kappa shape index (κ3) is 8.44. The Bertz CT molecular complexity index is 211. The van der Waals surface area contributed by atoms with Crippen LogP contribution < -0.4 is 0 Å². The van der Waals surface area contributed by atoms with Crippen molar-refractivity contribution in [3.05, 3.63) is 11.6 Å². The minimum atomic E-state index is -0.435. The second-order valence-corrected chi connectivity index (χ2v) is 3.45. The fraction of sp³-hybridized carbons (Fsp3) is 0.750. The number of hydrogen-bond acceptors (Lipinski definition) is 4. The summed E-state index contributed by atoms with van der Waals surface area (Å²) in [5.74, 6) is -0.435. The Morgan fingerprint density at radius 1 is 1.19 bits per heavy atom. The van der Waals surface area contributed by atoms with Crippen molar-refractivity contribution in [1.82, 2.24) is 0 Å². The van der Waals surface area contributed by atoms with Crippen LogP contribution in [0.25, 0.3) is 0 Å². The Hall–Kier alpha value is -0.870. The van der Waals surface area contributed by atoms with E-state index in [9.17, 15) is 4.79 Å². The van der Waals surface area contributed by atoms with Crippen molar-refractivity contribution in [2.24, 2.45) is 0 Å². The van der Waals surface area contributed by atoms with Crippen LogP contribution in [0.4, 0.5) is 0 Å². The Morgan fingerprint density at radius 2 is 1.94 bits per heavy atom. The van der Waals surface area contributed by atoms with E-state index in [1.807, 2.05) is 6.92 Å². The van der Waals surface area contributed by atoms with Crippen molar-refractivity contribution >= 4 is 5.97 Å². The molecule has 0 rings (SSSR count). The van der Waals surface area contributed by atoms with Crippen LogP contribution in [0.15, 0.2) is 11.6 Å². The molecule has 0 atom stereocenters. The molecule has 0 heterocycles. The van der Waals surface area contributed by atoms with E-state index in [0.29, 0.717) is 12.2 Å². The van der Waals surface area contributed by atoms with Gasteiger partial charge in [-0.15, -0.1) is 0 Å². The molecule has 0 saturated heterocycles. The van der Waals surface area contributed by atoms with Gasteiger partial charge in [-0.05, 0) is 19.8 Å². The molecule has 0 spiro atoms. The highest BCUT2D eigenvalue weighted by Gasteiger charge is 2.05. The van der Waals surface area contributed by atoms with E-state index < -0.39 is 5.97 Å². The maximum Gasteiger partial charge on any atom is 0.368 e. The summed E-state index contributed by atoms with van der Waals surface area (Å²) in [4.78, 5) is 20.5. The van der Waals surface area contributed by atoms with Crippen LogP contribution >= 0.6 is 0 Å². The number of hydrogen-bond donors (Lipinski definition) is 0. The number of allylic oxidation sites excluding steroid dienone is 1. The van der Waals surface area contributed by atoms with Crippen LogP contribution in [-0.4, -0.2) is 25.8 Å². The smallest absolute Gasteiger partial charge is 0.368 e. The Kier molecular flexibility index (Phi) is 10.1. The molecule has 0 amide bonds. The van der Waals surface area contributed by atoms with Crippen molar-refractivity contribution in [3.8, 4) is 0 Å². The topological polar surface area (TPSA) is 44.8 Å². The molecule has 0 aromatic carbocycles. The normalized spacial score (nSPS) is 11.6. The molecule has 0 aromatic heterocycles. The van der Waals surface area contributed by atoms with Crippen molar-refractivity contribution < 1.29 is 19.3 Å². The number of ether oxygens (including phenoxy) is 1. The molecule has 0 aliphatic carbocycles. The van der Waals surface area contributed by atoms with E-state index in [1.165, 1.54) is 0 Å². The van der Waals surface area contributed by atoms with Gasteiger partial charge in [0.2, 0.25) is 0 Å². The first-order valence-electron chi connectivity index (χ1n) is 5.80. The van der Waals surface area contributed by atoms with Crippen molar-refractivity contribution in [3.63, 3.8) is 0 Å². The van der Waals surface area contributed by atoms with Gasteiger partial charge in [0.1, 0.15) is 6.61 Å². The standard InChI is InChI=1S/C12H22O4/c1-4-6-8-14-9-10-15-16-12(13)11(3)7-5-2/h7H,4-6,8-10H2,1-3H3. The lowest BCUT2D eigenvalue weighted by atomic mass is 10.2. The largest absolute Gasteiger partial charge is 0.379 e. The van der Waals surface area contributed by atoms with Gasteiger partial charge in [-0.1, -0.05) is 26.3 Å². The Labute approximate surface area is 97.5 Å². The molecule has 0 aliphatic rings. The van der Waals surface area contributed by atoms with Gasteiger partial charge in [-0.2, -0.15) is 4.89 Å². The van der Waals surface area contributed by atoms with Gasteiger partial charge in [-0.3, -0.25) is 4.89 Å². The molecule has 16 heavy (non-hydrogen) atoms. The SMILES string of the molecule is CCC=C(C)C(=O)OOCCOCCCC. The highest BCUT2D eigenvalue weighted by atomic mass is 17.2. The molecule has 94 valence electrons. The summed E-state index contributed by atoms with van der Waals surface area (Å²) in [6, 6.07) is 0. The molecule has 4 heteroatoms. The predicted molar refractivity (Wildman–Crippen MR) is 61.8 cm³/mol. The summed E-state index contributed by atoms with van der Waals surface area (Å²) in [7, 11) is 0. The lowest BCUT2D eigenvalue weighted by molar-refractivity contribution is -0.272. The van der Waals surface area contributed by atoms with E-state index in [-0.39, 0.29) is 6.61 Å². The van der Waals surface area contributed by atoms with Crippen LogP contribution in [0, 0.1) is 0 Å². The van der Waals surface area contributed by atoms with Crippen molar-refractivity contribution in [2.45, 2.75) is 40.0 Å². The average molecular weight is 230 g/mol. The van der Waals surface area contributed by atoms with Gasteiger partial charge in [-0.25, -0.2) is 4.79 Å². The first kappa shape index (κ1) is 15.1. The summed E-state index contributed by atoms with van der Waals surface area (Å²) >= 11 is 0. The first-order chi connectivity index (χ1) is 7.72. The molecule has 0 fully saturated rings. The van der Waals surface area contributed by atoms with Gasteiger partial charge in [0.05, 0.1) is 6.61 Å². The molecule has 0 aromatic rings. The third-order valence-corrected chi connectivity index (χ3v) is 1.92. The zero-order valence-electron chi connectivity index (χ0n) is 10.5. The summed E-state index contributed by atoms with van der Waals surface area (Å²) < 4.78 is 5.23. The zero-order chi connectivity index (χ0) is 12.2. The highest BCUT2D eigenvalue weighted by Crippen LogP contribution is 1.98. The zero-order valence-corrected chi connectivity index (χ0v) is 10.5. The minimum Gasteiger partial charge on any atom is -0.379 e. The highest BCUT2D eigenvalue weighted by molar-refractivity contribution is 5.87. The van der Waals surface area contributed by atoms with Gasteiger partial charge in [0.15, 0.2) is 0 Å². The minimum absolute atomic E-state index is 0.273. The molecule has 0 bridgehead atoms. The van der Waals surface area contributed by atoms with Crippen molar-refractivity contribution in [2.75, 3.05) is 19.8 Å². The van der Waals surface area contributed by atoms with Crippen LogP contribution in [-0.2, 0) is 19.3 Å². The predicted octanol–water partition coefficient (Wildman–Crippen LogP) is 2.63. The Morgan fingerprint density at radius 3 is 2.56 bits per heavy atom. The molecular formula is C12H22O4. The molecular weight excluding hydrogens is 208 g/mol. The quantitative estimate of drug-likeness (QED) is 0.264. The monoisotopic (exact) mass is 230 g/mol. The molecule has 0 radical (unpaired) electrons. The lowest BCUT2D eigenvalue weighted by Crippen LogP contribution is -2.11. The molecule has 0 unspecified atom stereocenters. The van der Waals surface area contributed by atoms with E-state index in [4.69, 9.17) is 9.62 Å². The van der Waals surface area contributed by atoms with Crippen LogP contribution in [0.3, 0.4) is 0 Å². The number of carbonyl (C=O) groups excluding carboxylic acids is 1. The van der Waals surface area contributed by atoms with Crippen molar-refractivity contribution in [1.29, 1.82) is 0 Å².